The van der Waals surface area contributed by atoms with E-state index in [4.69, 9.17) is 9.84 Å². The van der Waals surface area contributed by atoms with Crippen LogP contribution in [0.2, 0.25) is 0 Å². The third kappa shape index (κ3) is 5.24. The molecule has 7 heteroatoms. The average Bonchev–Trinajstić information content (AvgIpc) is 3.18. The fourth-order valence-electron chi connectivity index (χ4n) is 5.14. The van der Waals surface area contributed by atoms with Crippen molar-refractivity contribution in [2.24, 2.45) is 5.92 Å². The number of piperidine rings is 1. The van der Waals surface area contributed by atoms with Gasteiger partial charge in [-0.1, -0.05) is 55.5 Å². The van der Waals surface area contributed by atoms with E-state index in [9.17, 15) is 14.4 Å². The van der Waals surface area contributed by atoms with Gasteiger partial charge in [-0.05, 0) is 47.9 Å². The SMILES string of the molecule is CC(CNC(=O)OCC1c2ccccc2-c2ccccc21)C(=O)N1CCCCC1CCC(=O)O. The highest BCUT2D eigenvalue weighted by atomic mass is 16.5. The van der Waals surface area contributed by atoms with Crippen LogP contribution in [0.3, 0.4) is 0 Å². The van der Waals surface area contributed by atoms with Crippen molar-refractivity contribution < 1.29 is 24.2 Å². The molecule has 0 saturated carbocycles. The number of fused-ring (bicyclic) bond motifs is 3. The molecule has 2 N–H and O–H groups in total. The Bertz CT molecular complexity index is 1010. The van der Waals surface area contributed by atoms with Crippen molar-refractivity contribution in [1.82, 2.24) is 10.2 Å². The van der Waals surface area contributed by atoms with E-state index in [-0.39, 0.29) is 37.4 Å². The fraction of sp³-hybridized carbons (Fsp3) is 0.444. The number of nitrogens with zero attached hydrogens (tertiary/aromatic N) is 1. The van der Waals surface area contributed by atoms with Crippen LogP contribution in [0.1, 0.15) is 56.1 Å². The summed E-state index contributed by atoms with van der Waals surface area (Å²) in [5, 5.41) is 11.7. The minimum Gasteiger partial charge on any atom is -0.481 e. The number of rotatable bonds is 8. The van der Waals surface area contributed by atoms with Crippen molar-refractivity contribution in [3.05, 3.63) is 59.7 Å². The Labute approximate surface area is 200 Å². The van der Waals surface area contributed by atoms with E-state index < -0.39 is 18.0 Å². The number of carboxylic acids is 1. The molecule has 2 aliphatic rings. The molecule has 2 aromatic carbocycles. The summed E-state index contributed by atoms with van der Waals surface area (Å²) in [5.41, 5.74) is 4.64. The first kappa shape index (κ1) is 23.8. The Morgan fingerprint density at radius 3 is 2.35 bits per heavy atom. The Morgan fingerprint density at radius 1 is 1.06 bits per heavy atom. The monoisotopic (exact) mass is 464 g/mol. The van der Waals surface area contributed by atoms with Gasteiger partial charge in [-0.25, -0.2) is 4.79 Å². The summed E-state index contributed by atoms with van der Waals surface area (Å²) in [6.07, 6.45) is 2.73. The third-order valence-electron chi connectivity index (χ3n) is 6.92. The van der Waals surface area contributed by atoms with E-state index in [0.717, 1.165) is 30.4 Å². The lowest BCUT2D eigenvalue weighted by molar-refractivity contribution is -0.141. The number of hydrogen-bond acceptors (Lipinski definition) is 4. The number of ether oxygens (including phenoxy) is 1. The van der Waals surface area contributed by atoms with Crippen LogP contribution >= 0.6 is 0 Å². The molecular formula is C27H32N2O5. The molecule has 0 aromatic heterocycles. The van der Waals surface area contributed by atoms with Crippen molar-refractivity contribution in [3.63, 3.8) is 0 Å². The van der Waals surface area contributed by atoms with Gasteiger partial charge in [0.15, 0.2) is 0 Å². The molecule has 1 aliphatic heterocycles. The van der Waals surface area contributed by atoms with Crippen molar-refractivity contribution >= 4 is 18.0 Å². The largest absolute Gasteiger partial charge is 0.481 e. The molecule has 1 heterocycles. The third-order valence-corrected chi connectivity index (χ3v) is 6.92. The molecule has 34 heavy (non-hydrogen) atoms. The molecule has 0 spiro atoms. The molecule has 4 rings (SSSR count). The first-order valence-electron chi connectivity index (χ1n) is 12.1. The summed E-state index contributed by atoms with van der Waals surface area (Å²) in [6, 6.07) is 16.3. The highest BCUT2D eigenvalue weighted by Gasteiger charge is 2.31. The Morgan fingerprint density at radius 2 is 1.71 bits per heavy atom. The Hall–Kier alpha value is -3.35. The van der Waals surface area contributed by atoms with Gasteiger partial charge in [0.05, 0.1) is 5.92 Å². The molecule has 2 unspecified atom stereocenters. The van der Waals surface area contributed by atoms with Gasteiger partial charge >= 0.3 is 12.1 Å². The molecule has 2 amide bonds. The summed E-state index contributed by atoms with van der Waals surface area (Å²) >= 11 is 0. The number of carbonyl (C=O) groups excluding carboxylic acids is 2. The van der Waals surface area contributed by atoms with E-state index in [1.54, 1.807) is 11.8 Å². The van der Waals surface area contributed by atoms with Crippen LogP contribution in [0, 0.1) is 5.92 Å². The minimum atomic E-state index is -0.844. The smallest absolute Gasteiger partial charge is 0.407 e. The van der Waals surface area contributed by atoms with E-state index in [1.165, 1.54) is 11.1 Å². The molecular weight excluding hydrogens is 432 g/mol. The molecule has 7 nitrogen and oxygen atoms in total. The zero-order valence-corrected chi connectivity index (χ0v) is 19.5. The number of likely N-dealkylation sites (tertiary alicyclic amines) is 1. The number of hydrogen-bond donors (Lipinski definition) is 2. The predicted molar refractivity (Wildman–Crippen MR) is 128 cm³/mol. The second-order valence-corrected chi connectivity index (χ2v) is 9.22. The van der Waals surface area contributed by atoms with Gasteiger partial charge < -0.3 is 20.1 Å². The molecule has 0 bridgehead atoms. The lowest BCUT2D eigenvalue weighted by Gasteiger charge is -2.37. The van der Waals surface area contributed by atoms with Gasteiger partial charge in [0, 0.05) is 31.5 Å². The van der Waals surface area contributed by atoms with E-state index in [2.05, 4.69) is 29.6 Å². The molecule has 1 saturated heterocycles. The summed E-state index contributed by atoms with van der Waals surface area (Å²) < 4.78 is 5.56. The highest BCUT2D eigenvalue weighted by molar-refractivity contribution is 5.80. The number of carbonyl (C=O) groups is 3. The zero-order valence-electron chi connectivity index (χ0n) is 19.5. The maximum atomic E-state index is 13.0. The first-order chi connectivity index (χ1) is 16.5. The van der Waals surface area contributed by atoms with E-state index in [0.29, 0.717) is 13.0 Å². The van der Waals surface area contributed by atoms with Crippen molar-refractivity contribution in [3.8, 4) is 11.1 Å². The number of carboxylic acid groups (broad SMARTS) is 1. The molecule has 180 valence electrons. The maximum Gasteiger partial charge on any atom is 0.407 e. The van der Waals surface area contributed by atoms with Crippen molar-refractivity contribution in [1.29, 1.82) is 0 Å². The summed E-state index contributed by atoms with van der Waals surface area (Å²) in [4.78, 5) is 38.2. The van der Waals surface area contributed by atoms with Gasteiger partial charge in [0.2, 0.25) is 5.91 Å². The second kappa shape index (κ2) is 10.7. The quantitative estimate of drug-likeness (QED) is 0.603. The number of benzene rings is 2. The van der Waals surface area contributed by atoms with Crippen LogP contribution in [0.5, 0.6) is 0 Å². The fourth-order valence-corrected chi connectivity index (χ4v) is 5.14. The predicted octanol–water partition coefficient (Wildman–Crippen LogP) is 4.41. The Kier molecular flexibility index (Phi) is 7.50. The van der Waals surface area contributed by atoms with E-state index in [1.807, 2.05) is 24.3 Å². The van der Waals surface area contributed by atoms with Crippen LogP contribution < -0.4 is 5.32 Å². The summed E-state index contributed by atoms with van der Waals surface area (Å²) in [6.45, 7) is 2.83. The molecule has 2 atom stereocenters. The molecule has 1 fully saturated rings. The van der Waals surface area contributed by atoms with Crippen molar-refractivity contribution in [2.75, 3.05) is 19.7 Å². The minimum absolute atomic E-state index is 0.0134. The first-order valence-corrected chi connectivity index (χ1v) is 12.1. The maximum absolute atomic E-state index is 13.0. The van der Waals surface area contributed by atoms with Gasteiger partial charge in [-0.2, -0.15) is 0 Å². The van der Waals surface area contributed by atoms with E-state index >= 15 is 0 Å². The van der Waals surface area contributed by atoms with Crippen LogP contribution in [0.4, 0.5) is 4.79 Å². The van der Waals surface area contributed by atoms with Crippen LogP contribution in [-0.4, -0.2) is 53.7 Å². The number of nitrogens with one attached hydrogen (secondary N) is 1. The van der Waals surface area contributed by atoms with Gasteiger partial charge in [-0.15, -0.1) is 0 Å². The lowest BCUT2D eigenvalue weighted by atomic mass is 9.96. The standard InChI is InChI=1S/C27H32N2O5/c1-18(26(32)29-15-7-6-8-19(29)13-14-25(30)31)16-28-27(33)34-17-24-22-11-4-2-9-20(22)21-10-3-5-12-23(21)24/h2-5,9-12,18-19,24H,6-8,13-17H2,1H3,(H,28,33)(H,30,31). The average molecular weight is 465 g/mol. The Balaban J connectivity index is 1.29. The topological polar surface area (TPSA) is 95.9 Å². The van der Waals surface area contributed by atoms with Crippen LogP contribution in [0.25, 0.3) is 11.1 Å². The number of amides is 2. The van der Waals surface area contributed by atoms with Gasteiger partial charge in [0.1, 0.15) is 6.61 Å². The van der Waals surface area contributed by atoms with Gasteiger partial charge in [0.25, 0.3) is 0 Å². The zero-order chi connectivity index (χ0) is 24.1. The number of aliphatic carboxylic acids is 1. The highest BCUT2D eigenvalue weighted by Crippen LogP contribution is 2.44. The normalized spacial score (nSPS) is 18.0. The van der Waals surface area contributed by atoms with Crippen LogP contribution in [-0.2, 0) is 14.3 Å². The van der Waals surface area contributed by atoms with Gasteiger partial charge in [-0.3, -0.25) is 9.59 Å². The summed E-state index contributed by atoms with van der Waals surface area (Å²) in [5.74, 6) is -1.32. The molecule has 2 aromatic rings. The summed E-state index contributed by atoms with van der Waals surface area (Å²) in [7, 11) is 0. The molecule has 0 radical (unpaired) electrons. The van der Waals surface area contributed by atoms with Crippen molar-refractivity contribution in [2.45, 2.75) is 51.0 Å². The van der Waals surface area contributed by atoms with Crippen LogP contribution in [0.15, 0.2) is 48.5 Å². The number of alkyl carbamates (subject to hydrolysis) is 1. The lowest BCUT2D eigenvalue weighted by Crippen LogP contribution is -2.48. The molecule has 1 aliphatic carbocycles. The second-order valence-electron chi connectivity index (χ2n) is 9.22.